The molecular weight excluding hydrogens is 286 g/mol. The van der Waals surface area contributed by atoms with Crippen LogP contribution in [-0.2, 0) is 12.8 Å². The van der Waals surface area contributed by atoms with E-state index in [0.717, 1.165) is 35.5 Å². The summed E-state index contributed by atoms with van der Waals surface area (Å²) >= 11 is 5.37. The normalized spacial score (nSPS) is 10.6. The molecule has 1 aromatic carbocycles. The molecule has 1 aromatic heterocycles. The van der Waals surface area contributed by atoms with Crippen LogP contribution in [0.4, 0.5) is 5.69 Å². The summed E-state index contributed by atoms with van der Waals surface area (Å²) in [6.07, 6.45) is 2.56. The molecule has 0 aliphatic heterocycles. The number of nitrogens with zero attached hydrogens (tertiary/aromatic N) is 2. The van der Waals surface area contributed by atoms with Crippen molar-refractivity contribution in [2.75, 3.05) is 0 Å². The van der Waals surface area contributed by atoms with Crippen LogP contribution in [-0.4, -0.2) is 14.9 Å². The predicted octanol–water partition coefficient (Wildman–Crippen LogP) is 3.90. The molecule has 0 aliphatic rings. The Hall–Kier alpha value is -2.08. The van der Waals surface area contributed by atoms with Gasteiger partial charge in [-0.2, -0.15) is 0 Å². The van der Waals surface area contributed by atoms with Gasteiger partial charge in [-0.05, 0) is 18.9 Å². The van der Waals surface area contributed by atoms with Gasteiger partial charge >= 0.3 is 0 Å². The first-order chi connectivity index (χ1) is 10.0. The number of nitrogens with one attached hydrogen (secondary N) is 1. The Kier molecular flexibility index (Phi) is 4.80. The molecule has 0 radical (unpaired) electrons. The lowest BCUT2D eigenvalue weighted by molar-refractivity contribution is -0.384. The maximum Gasteiger partial charge on any atom is 0.269 e. The average Bonchev–Trinajstić information content (AvgIpc) is 2.43. The third-order valence-electron chi connectivity index (χ3n) is 3.25. The summed E-state index contributed by atoms with van der Waals surface area (Å²) in [6, 6.07) is 6.57. The molecule has 2 aromatic rings. The molecule has 6 heteroatoms. The van der Waals surface area contributed by atoms with Crippen molar-refractivity contribution < 1.29 is 4.92 Å². The van der Waals surface area contributed by atoms with E-state index in [2.05, 4.69) is 16.9 Å². The number of benzene rings is 1. The summed E-state index contributed by atoms with van der Waals surface area (Å²) in [5.41, 5.74) is 3.20. The highest BCUT2D eigenvalue weighted by atomic mass is 32.1. The predicted molar refractivity (Wildman–Crippen MR) is 84.1 cm³/mol. The second-order valence-electron chi connectivity index (χ2n) is 4.93. The third-order valence-corrected chi connectivity index (χ3v) is 3.59. The fourth-order valence-corrected chi connectivity index (χ4v) is 2.59. The van der Waals surface area contributed by atoms with Crippen molar-refractivity contribution in [2.24, 2.45) is 0 Å². The standard InChI is InChI=1S/C15H17N3O2S/c1-3-4-14-13(15(21)17-10(2)16-14)9-11-5-7-12(8-6-11)18(19)20/h5-8H,3-4,9H2,1-2H3,(H,16,17,21). The number of nitro groups is 1. The van der Waals surface area contributed by atoms with Crippen molar-refractivity contribution in [3.63, 3.8) is 0 Å². The van der Waals surface area contributed by atoms with Gasteiger partial charge in [0.1, 0.15) is 10.5 Å². The average molecular weight is 303 g/mol. The van der Waals surface area contributed by atoms with E-state index in [1.54, 1.807) is 12.1 Å². The Bertz CT molecular complexity index is 708. The molecule has 2 rings (SSSR count). The van der Waals surface area contributed by atoms with Crippen molar-refractivity contribution in [1.82, 2.24) is 9.97 Å². The van der Waals surface area contributed by atoms with Crippen molar-refractivity contribution >= 4 is 17.9 Å². The Balaban J connectivity index is 2.34. The first-order valence-corrected chi connectivity index (χ1v) is 7.24. The third kappa shape index (κ3) is 3.72. The Morgan fingerprint density at radius 2 is 2.00 bits per heavy atom. The summed E-state index contributed by atoms with van der Waals surface area (Å²) in [5.74, 6) is 0.816. The van der Waals surface area contributed by atoms with Gasteiger partial charge in [-0.25, -0.2) is 4.98 Å². The van der Waals surface area contributed by atoms with E-state index in [-0.39, 0.29) is 5.69 Å². The van der Waals surface area contributed by atoms with Gasteiger partial charge in [0, 0.05) is 29.8 Å². The molecule has 21 heavy (non-hydrogen) atoms. The SMILES string of the molecule is CCCc1[nH]c(C)nc(=S)c1Cc1ccc([N+](=O)[O-])cc1. The van der Waals surface area contributed by atoms with Gasteiger partial charge in [0.2, 0.25) is 0 Å². The van der Waals surface area contributed by atoms with Gasteiger partial charge in [-0.15, -0.1) is 0 Å². The molecule has 0 aliphatic carbocycles. The van der Waals surface area contributed by atoms with Crippen LogP contribution in [0.2, 0.25) is 0 Å². The van der Waals surface area contributed by atoms with E-state index in [9.17, 15) is 10.1 Å². The van der Waals surface area contributed by atoms with Crippen LogP contribution in [0.5, 0.6) is 0 Å². The lowest BCUT2D eigenvalue weighted by Crippen LogP contribution is -2.04. The zero-order valence-electron chi connectivity index (χ0n) is 12.0. The lowest BCUT2D eigenvalue weighted by atomic mass is 10.0. The van der Waals surface area contributed by atoms with Crippen LogP contribution < -0.4 is 0 Å². The number of hydrogen-bond donors (Lipinski definition) is 1. The summed E-state index contributed by atoms with van der Waals surface area (Å²) in [7, 11) is 0. The first kappa shape index (κ1) is 15.3. The maximum absolute atomic E-state index is 10.7. The van der Waals surface area contributed by atoms with Gasteiger partial charge in [-0.1, -0.05) is 37.7 Å². The maximum atomic E-state index is 10.7. The Labute approximate surface area is 128 Å². The van der Waals surface area contributed by atoms with Gasteiger partial charge in [0.05, 0.1) is 4.92 Å². The van der Waals surface area contributed by atoms with Crippen molar-refractivity contribution in [2.45, 2.75) is 33.1 Å². The van der Waals surface area contributed by atoms with Crippen molar-refractivity contribution in [3.05, 3.63) is 61.7 Å². The zero-order chi connectivity index (χ0) is 15.4. The van der Waals surface area contributed by atoms with E-state index in [1.807, 2.05) is 6.92 Å². The monoisotopic (exact) mass is 303 g/mol. The molecule has 1 N–H and O–H groups in total. The van der Waals surface area contributed by atoms with Crippen LogP contribution in [0.15, 0.2) is 24.3 Å². The molecule has 0 bridgehead atoms. The number of nitro benzene ring substituents is 1. The van der Waals surface area contributed by atoms with Crippen LogP contribution in [0.25, 0.3) is 0 Å². The molecular formula is C15H17N3O2S. The van der Waals surface area contributed by atoms with Crippen LogP contribution in [0.3, 0.4) is 0 Å². The number of aromatic nitrogens is 2. The quantitative estimate of drug-likeness (QED) is 0.516. The summed E-state index contributed by atoms with van der Waals surface area (Å²) < 4.78 is 0.605. The van der Waals surface area contributed by atoms with E-state index < -0.39 is 4.92 Å². The highest BCUT2D eigenvalue weighted by molar-refractivity contribution is 7.71. The van der Waals surface area contributed by atoms with E-state index in [0.29, 0.717) is 11.1 Å². The summed E-state index contributed by atoms with van der Waals surface area (Å²) in [6.45, 7) is 4.01. The lowest BCUT2D eigenvalue weighted by Gasteiger charge is -2.10. The number of aromatic amines is 1. The molecule has 0 spiro atoms. The van der Waals surface area contributed by atoms with Gasteiger partial charge in [-0.3, -0.25) is 10.1 Å². The second-order valence-corrected chi connectivity index (χ2v) is 5.32. The largest absolute Gasteiger partial charge is 0.347 e. The number of H-pyrrole nitrogens is 1. The van der Waals surface area contributed by atoms with E-state index >= 15 is 0 Å². The number of rotatable bonds is 5. The Morgan fingerprint density at radius 3 is 2.57 bits per heavy atom. The van der Waals surface area contributed by atoms with Gasteiger partial charge in [0.15, 0.2) is 0 Å². The number of aryl methyl sites for hydroxylation is 2. The van der Waals surface area contributed by atoms with Crippen LogP contribution >= 0.6 is 12.2 Å². The molecule has 0 saturated heterocycles. The highest BCUT2D eigenvalue weighted by Gasteiger charge is 2.10. The number of non-ortho nitro benzene ring substituents is 1. The molecule has 0 amide bonds. The molecule has 0 unspecified atom stereocenters. The minimum Gasteiger partial charge on any atom is -0.347 e. The summed E-state index contributed by atoms with van der Waals surface area (Å²) in [5, 5.41) is 10.7. The topological polar surface area (TPSA) is 71.8 Å². The molecule has 0 atom stereocenters. The second kappa shape index (κ2) is 6.58. The van der Waals surface area contributed by atoms with E-state index in [1.165, 1.54) is 12.1 Å². The molecule has 1 heterocycles. The summed E-state index contributed by atoms with van der Waals surface area (Å²) in [4.78, 5) is 17.9. The van der Waals surface area contributed by atoms with Crippen LogP contribution in [0.1, 0.15) is 36.0 Å². The minimum absolute atomic E-state index is 0.0970. The fraction of sp³-hybridized carbons (Fsp3) is 0.333. The van der Waals surface area contributed by atoms with Crippen molar-refractivity contribution in [3.8, 4) is 0 Å². The molecule has 0 fully saturated rings. The molecule has 5 nitrogen and oxygen atoms in total. The smallest absolute Gasteiger partial charge is 0.269 e. The Morgan fingerprint density at radius 1 is 1.33 bits per heavy atom. The van der Waals surface area contributed by atoms with E-state index in [4.69, 9.17) is 12.2 Å². The molecule has 110 valence electrons. The molecule has 0 saturated carbocycles. The fourth-order valence-electron chi connectivity index (χ4n) is 2.26. The first-order valence-electron chi connectivity index (χ1n) is 6.83. The highest BCUT2D eigenvalue weighted by Crippen LogP contribution is 2.18. The van der Waals surface area contributed by atoms with Crippen LogP contribution in [0, 0.1) is 21.7 Å². The minimum atomic E-state index is -0.397. The van der Waals surface area contributed by atoms with Gasteiger partial charge in [0.25, 0.3) is 5.69 Å². The van der Waals surface area contributed by atoms with Gasteiger partial charge < -0.3 is 4.98 Å². The number of hydrogen-bond acceptors (Lipinski definition) is 4. The van der Waals surface area contributed by atoms with Crippen molar-refractivity contribution in [1.29, 1.82) is 0 Å². The zero-order valence-corrected chi connectivity index (χ0v) is 12.9.